The summed E-state index contributed by atoms with van der Waals surface area (Å²) in [7, 11) is 0. The second-order valence-electron chi connectivity index (χ2n) is 3.49. The lowest BCUT2D eigenvalue weighted by Gasteiger charge is -2.07. The largest absolute Gasteiger partial charge is 0.327 e. The standard InChI is InChI=1S/C11H23N/c1-3-5-6-7-8-10-11(12)9-4-2/h4,11H,2-3,5-10,12H2,1H3/t11-/m0/s1. The van der Waals surface area contributed by atoms with Crippen molar-refractivity contribution in [1.82, 2.24) is 0 Å². The highest BCUT2D eigenvalue weighted by atomic mass is 14.6. The first-order chi connectivity index (χ1) is 5.81. The van der Waals surface area contributed by atoms with Gasteiger partial charge < -0.3 is 5.73 Å². The molecule has 0 bridgehead atoms. The highest BCUT2D eigenvalue weighted by Crippen LogP contribution is 2.07. The normalized spacial score (nSPS) is 12.8. The van der Waals surface area contributed by atoms with E-state index in [1.165, 1.54) is 32.1 Å². The molecule has 0 saturated heterocycles. The molecule has 2 N–H and O–H groups in total. The molecule has 1 atom stereocenters. The molecule has 0 radical (unpaired) electrons. The van der Waals surface area contributed by atoms with Gasteiger partial charge in [0.15, 0.2) is 0 Å². The van der Waals surface area contributed by atoms with E-state index in [1.54, 1.807) is 0 Å². The zero-order valence-electron chi connectivity index (χ0n) is 8.39. The van der Waals surface area contributed by atoms with Gasteiger partial charge in [0.25, 0.3) is 0 Å². The van der Waals surface area contributed by atoms with E-state index in [-0.39, 0.29) is 0 Å². The maximum atomic E-state index is 5.83. The topological polar surface area (TPSA) is 26.0 Å². The molecular formula is C11H23N. The van der Waals surface area contributed by atoms with E-state index in [0.29, 0.717) is 6.04 Å². The second-order valence-corrected chi connectivity index (χ2v) is 3.49. The van der Waals surface area contributed by atoms with Crippen LogP contribution in [0.4, 0.5) is 0 Å². The number of nitrogens with two attached hydrogens (primary N) is 1. The number of rotatable bonds is 8. The monoisotopic (exact) mass is 169 g/mol. The maximum Gasteiger partial charge on any atom is 0.00733 e. The molecule has 0 unspecified atom stereocenters. The molecule has 1 nitrogen and oxygen atoms in total. The molecule has 0 fully saturated rings. The maximum absolute atomic E-state index is 5.83. The van der Waals surface area contributed by atoms with Gasteiger partial charge in [-0.3, -0.25) is 0 Å². The Morgan fingerprint density at radius 1 is 1.25 bits per heavy atom. The molecule has 0 saturated carbocycles. The number of hydrogen-bond donors (Lipinski definition) is 1. The number of hydrogen-bond acceptors (Lipinski definition) is 1. The van der Waals surface area contributed by atoms with Gasteiger partial charge in [0.1, 0.15) is 0 Å². The fourth-order valence-electron chi connectivity index (χ4n) is 1.34. The molecule has 0 amide bonds. The lowest BCUT2D eigenvalue weighted by atomic mass is 10.1. The van der Waals surface area contributed by atoms with Crippen LogP contribution in [0.1, 0.15) is 51.9 Å². The van der Waals surface area contributed by atoms with Crippen LogP contribution < -0.4 is 5.73 Å². The van der Waals surface area contributed by atoms with Crippen LogP contribution in [-0.4, -0.2) is 6.04 Å². The number of unbranched alkanes of at least 4 members (excludes halogenated alkanes) is 4. The van der Waals surface area contributed by atoms with Gasteiger partial charge in [-0.25, -0.2) is 0 Å². The first-order valence-corrected chi connectivity index (χ1v) is 5.17. The lowest BCUT2D eigenvalue weighted by Crippen LogP contribution is -2.18. The summed E-state index contributed by atoms with van der Waals surface area (Å²) < 4.78 is 0. The van der Waals surface area contributed by atoms with Gasteiger partial charge in [-0.1, -0.05) is 45.1 Å². The van der Waals surface area contributed by atoms with Crippen LogP contribution in [0.25, 0.3) is 0 Å². The van der Waals surface area contributed by atoms with Crippen molar-refractivity contribution in [3.05, 3.63) is 12.7 Å². The Hall–Kier alpha value is -0.300. The smallest absolute Gasteiger partial charge is 0.00733 e. The molecule has 72 valence electrons. The minimum Gasteiger partial charge on any atom is -0.327 e. The van der Waals surface area contributed by atoms with Crippen LogP contribution in [0.3, 0.4) is 0 Å². The van der Waals surface area contributed by atoms with Crippen molar-refractivity contribution in [2.24, 2.45) is 5.73 Å². The van der Waals surface area contributed by atoms with Crippen molar-refractivity contribution in [2.75, 3.05) is 0 Å². The molecule has 0 aromatic heterocycles. The summed E-state index contributed by atoms with van der Waals surface area (Å²) in [5.74, 6) is 0. The Morgan fingerprint density at radius 3 is 2.50 bits per heavy atom. The molecule has 0 aromatic rings. The van der Waals surface area contributed by atoms with E-state index >= 15 is 0 Å². The highest BCUT2D eigenvalue weighted by molar-refractivity contribution is 4.74. The average Bonchev–Trinajstić information content (AvgIpc) is 2.05. The van der Waals surface area contributed by atoms with Crippen molar-refractivity contribution in [1.29, 1.82) is 0 Å². The third kappa shape index (κ3) is 7.80. The zero-order valence-corrected chi connectivity index (χ0v) is 8.39. The van der Waals surface area contributed by atoms with Gasteiger partial charge in [-0.05, 0) is 12.8 Å². The summed E-state index contributed by atoms with van der Waals surface area (Å²) in [4.78, 5) is 0. The molecule has 0 aliphatic rings. The van der Waals surface area contributed by atoms with Crippen LogP contribution in [0.15, 0.2) is 12.7 Å². The Bertz CT molecular complexity index is 99.2. The van der Waals surface area contributed by atoms with Crippen LogP contribution in [0, 0.1) is 0 Å². The molecule has 0 rings (SSSR count). The predicted molar refractivity (Wildman–Crippen MR) is 56.2 cm³/mol. The van der Waals surface area contributed by atoms with Gasteiger partial charge in [-0.15, -0.1) is 6.58 Å². The van der Waals surface area contributed by atoms with Crippen molar-refractivity contribution in [2.45, 2.75) is 57.9 Å². The van der Waals surface area contributed by atoms with Crippen molar-refractivity contribution >= 4 is 0 Å². The molecule has 0 aromatic carbocycles. The Morgan fingerprint density at radius 2 is 1.92 bits per heavy atom. The fourth-order valence-corrected chi connectivity index (χ4v) is 1.34. The van der Waals surface area contributed by atoms with E-state index in [9.17, 15) is 0 Å². The first kappa shape index (κ1) is 11.7. The van der Waals surface area contributed by atoms with E-state index in [0.717, 1.165) is 12.8 Å². The lowest BCUT2D eigenvalue weighted by molar-refractivity contribution is 0.543. The van der Waals surface area contributed by atoms with Crippen LogP contribution in [0.2, 0.25) is 0 Å². The quantitative estimate of drug-likeness (QED) is 0.438. The highest BCUT2D eigenvalue weighted by Gasteiger charge is 1.98. The Labute approximate surface area is 77.0 Å². The molecular weight excluding hydrogens is 146 g/mol. The van der Waals surface area contributed by atoms with Crippen LogP contribution in [0.5, 0.6) is 0 Å². The van der Waals surface area contributed by atoms with Gasteiger partial charge in [0.2, 0.25) is 0 Å². The molecule has 0 spiro atoms. The molecule has 0 aliphatic carbocycles. The Balaban J connectivity index is 3.02. The van der Waals surface area contributed by atoms with Crippen molar-refractivity contribution < 1.29 is 0 Å². The summed E-state index contributed by atoms with van der Waals surface area (Å²) in [5, 5.41) is 0. The third-order valence-electron chi connectivity index (χ3n) is 2.15. The third-order valence-corrected chi connectivity index (χ3v) is 2.15. The van der Waals surface area contributed by atoms with Gasteiger partial charge in [-0.2, -0.15) is 0 Å². The van der Waals surface area contributed by atoms with Gasteiger partial charge in [0.05, 0.1) is 0 Å². The second kappa shape index (κ2) is 8.79. The average molecular weight is 169 g/mol. The predicted octanol–water partition coefficient (Wildman–Crippen LogP) is 3.25. The van der Waals surface area contributed by atoms with Gasteiger partial charge in [0, 0.05) is 6.04 Å². The Kier molecular flexibility index (Phi) is 8.57. The van der Waals surface area contributed by atoms with Gasteiger partial charge >= 0.3 is 0 Å². The molecule has 1 heteroatoms. The summed E-state index contributed by atoms with van der Waals surface area (Å²) in [5.41, 5.74) is 5.83. The molecule has 0 aliphatic heterocycles. The summed E-state index contributed by atoms with van der Waals surface area (Å²) in [6, 6.07) is 0.351. The van der Waals surface area contributed by atoms with E-state index in [4.69, 9.17) is 5.73 Å². The SMILES string of the molecule is C=CC[C@H](N)CCCCCCC. The minimum atomic E-state index is 0.351. The van der Waals surface area contributed by atoms with Crippen LogP contribution in [-0.2, 0) is 0 Å². The molecule has 0 heterocycles. The van der Waals surface area contributed by atoms with Crippen molar-refractivity contribution in [3.8, 4) is 0 Å². The summed E-state index contributed by atoms with van der Waals surface area (Å²) in [6.45, 7) is 5.92. The first-order valence-electron chi connectivity index (χ1n) is 5.17. The molecule has 12 heavy (non-hydrogen) atoms. The van der Waals surface area contributed by atoms with Crippen LogP contribution >= 0.6 is 0 Å². The zero-order chi connectivity index (χ0) is 9.23. The summed E-state index contributed by atoms with van der Waals surface area (Å²) >= 11 is 0. The van der Waals surface area contributed by atoms with E-state index in [1.807, 2.05) is 6.08 Å². The minimum absolute atomic E-state index is 0.351. The fraction of sp³-hybridized carbons (Fsp3) is 0.818. The van der Waals surface area contributed by atoms with Crippen molar-refractivity contribution in [3.63, 3.8) is 0 Å². The van der Waals surface area contributed by atoms with E-state index < -0.39 is 0 Å². The summed E-state index contributed by atoms with van der Waals surface area (Å²) in [6.07, 6.45) is 10.7. The van der Waals surface area contributed by atoms with E-state index in [2.05, 4.69) is 13.5 Å².